The van der Waals surface area contributed by atoms with Gasteiger partial charge in [-0.15, -0.1) is 10.2 Å². The summed E-state index contributed by atoms with van der Waals surface area (Å²) in [7, 11) is 0. The third-order valence-electron chi connectivity index (χ3n) is 4.01. The molecule has 0 bridgehead atoms. The lowest BCUT2D eigenvalue weighted by molar-refractivity contribution is 0.382. The molecule has 0 saturated heterocycles. The van der Waals surface area contributed by atoms with Crippen LogP contribution in [-0.4, -0.2) is 20.3 Å². The van der Waals surface area contributed by atoms with E-state index in [2.05, 4.69) is 60.2 Å². The Balaban J connectivity index is 1.57. The van der Waals surface area contributed by atoms with Gasteiger partial charge in [0, 0.05) is 12.0 Å². The largest absolute Gasteiger partial charge is 0.411 e. The van der Waals surface area contributed by atoms with E-state index in [0.717, 1.165) is 24.2 Å². The highest BCUT2D eigenvalue weighted by atomic mass is 32.2. The molecule has 0 saturated carbocycles. The van der Waals surface area contributed by atoms with Gasteiger partial charge in [-0.25, -0.2) is 0 Å². The van der Waals surface area contributed by atoms with Crippen LogP contribution in [0.2, 0.25) is 0 Å². The molecule has 0 aliphatic rings. The van der Waals surface area contributed by atoms with Crippen molar-refractivity contribution in [2.45, 2.75) is 57.4 Å². The van der Waals surface area contributed by atoms with Crippen molar-refractivity contribution in [3.05, 3.63) is 41.5 Å². The first-order chi connectivity index (χ1) is 12.5. The summed E-state index contributed by atoms with van der Waals surface area (Å²) >= 11 is 1.40. The third kappa shape index (κ3) is 4.94. The van der Waals surface area contributed by atoms with Crippen LogP contribution in [0.15, 0.2) is 38.4 Å². The van der Waals surface area contributed by atoms with Crippen molar-refractivity contribution in [3.63, 3.8) is 0 Å². The molecule has 0 radical (unpaired) electrons. The topological polar surface area (TPSA) is 77.8 Å². The lowest BCUT2D eigenvalue weighted by atomic mass is 10.0. The fourth-order valence-electron chi connectivity index (χ4n) is 2.39. The van der Waals surface area contributed by atoms with Crippen molar-refractivity contribution in [2.24, 2.45) is 5.92 Å². The van der Waals surface area contributed by atoms with Crippen molar-refractivity contribution in [3.8, 4) is 11.5 Å². The van der Waals surface area contributed by atoms with E-state index < -0.39 is 0 Å². The first kappa shape index (κ1) is 18.6. The summed E-state index contributed by atoms with van der Waals surface area (Å²) in [5.74, 6) is 3.49. The molecule has 3 rings (SSSR count). The molecule has 0 aliphatic heterocycles. The molecular weight excluding hydrogens is 348 g/mol. The second-order valence-corrected chi connectivity index (χ2v) is 7.90. The SMILES string of the molecule is CC(C)CCc1noc(CSc2nnc(-c3ccc(C(C)C)cc3)o2)n1. The number of thioether (sulfide) groups is 1. The maximum atomic E-state index is 5.73. The molecule has 138 valence electrons. The molecular formula is C19H24N4O2S. The number of nitrogens with zero attached hydrogens (tertiary/aromatic N) is 4. The normalized spacial score (nSPS) is 11.6. The van der Waals surface area contributed by atoms with Crippen LogP contribution in [0.5, 0.6) is 0 Å². The summed E-state index contributed by atoms with van der Waals surface area (Å²) in [5.41, 5.74) is 2.20. The van der Waals surface area contributed by atoms with E-state index in [1.807, 2.05) is 12.1 Å². The van der Waals surface area contributed by atoms with Gasteiger partial charge in [0.05, 0.1) is 5.75 Å². The zero-order chi connectivity index (χ0) is 18.5. The van der Waals surface area contributed by atoms with E-state index in [0.29, 0.717) is 34.6 Å². The van der Waals surface area contributed by atoms with Crippen molar-refractivity contribution in [2.75, 3.05) is 0 Å². The fourth-order valence-corrected chi connectivity index (χ4v) is 2.99. The first-order valence-electron chi connectivity index (χ1n) is 8.89. The molecule has 0 N–H and O–H groups in total. The average Bonchev–Trinajstić information content (AvgIpc) is 3.27. The van der Waals surface area contributed by atoms with Gasteiger partial charge < -0.3 is 8.94 Å². The molecule has 26 heavy (non-hydrogen) atoms. The van der Waals surface area contributed by atoms with Gasteiger partial charge in [0.25, 0.3) is 5.22 Å². The van der Waals surface area contributed by atoms with Gasteiger partial charge in [-0.3, -0.25) is 0 Å². The Kier molecular flexibility index (Phi) is 6.08. The molecule has 0 aliphatic carbocycles. The Labute approximate surface area is 157 Å². The van der Waals surface area contributed by atoms with Crippen LogP contribution in [0, 0.1) is 5.92 Å². The highest BCUT2D eigenvalue weighted by Gasteiger charge is 2.13. The zero-order valence-corrected chi connectivity index (χ0v) is 16.4. The van der Waals surface area contributed by atoms with Crippen LogP contribution in [0.1, 0.15) is 57.3 Å². The van der Waals surface area contributed by atoms with Gasteiger partial charge in [0.15, 0.2) is 5.82 Å². The van der Waals surface area contributed by atoms with Gasteiger partial charge in [-0.1, -0.05) is 56.7 Å². The summed E-state index contributed by atoms with van der Waals surface area (Å²) in [5, 5.41) is 12.7. The average molecular weight is 372 g/mol. The second-order valence-electron chi connectivity index (χ2n) is 6.98. The van der Waals surface area contributed by atoms with Crippen LogP contribution in [0.25, 0.3) is 11.5 Å². The van der Waals surface area contributed by atoms with Gasteiger partial charge in [0.1, 0.15) is 0 Å². The quantitative estimate of drug-likeness (QED) is 0.508. The first-order valence-corrected chi connectivity index (χ1v) is 9.88. The standard InChI is InChI=1S/C19H24N4O2S/c1-12(2)5-10-16-20-17(25-23-16)11-26-19-22-21-18(24-19)15-8-6-14(7-9-15)13(3)4/h6-9,12-13H,5,10-11H2,1-4H3. The van der Waals surface area contributed by atoms with Gasteiger partial charge in [-0.05, 0) is 36.0 Å². The van der Waals surface area contributed by atoms with E-state index in [4.69, 9.17) is 8.94 Å². The maximum absolute atomic E-state index is 5.73. The summed E-state index contributed by atoms with van der Waals surface area (Å²) in [6, 6.07) is 8.20. The van der Waals surface area contributed by atoms with Crippen molar-refractivity contribution in [1.29, 1.82) is 0 Å². The van der Waals surface area contributed by atoms with E-state index >= 15 is 0 Å². The molecule has 2 aromatic heterocycles. The Bertz CT molecular complexity index is 824. The van der Waals surface area contributed by atoms with Crippen LogP contribution < -0.4 is 0 Å². The Morgan fingerprint density at radius 3 is 2.50 bits per heavy atom. The lowest BCUT2D eigenvalue weighted by Gasteiger charge is -2.04. The van der Waals surface area contributed by atoms with Crippen molar-refractivity contribution >= 4 is 11.8 Å². The van der Waals surface area contributed by atoms with Gasteiger partial charge in [-0.2, -0.15) is 4.98 Å². The predicted octanol–water partition coefficient (Wildman–Crippen LogP) is 5.12. The number of aromatic nitrogens is 4. The molecule has 0 fully saturated rings. The molecule has 0 unspecified atom stereocenters. The smallest absolute Gasteiger partial charge is 0.277 e. The summed E-state index contributed by atoms with van der Waals surface area (Å²) in [6.45, 7) is 8.70. The number of rotatable bonds is 8. The van der Waals surface area contributed by atoms with Crippen LogP contribution in [-0.2, 0) is 12.2 Å². The minimum atomic E-state index is 0.495. The maximum Gasteiger partial charge on any atom is 0.277 e. The molecule has 0 amide bonds. The zero-order valence-electron chi connectivity index (χ0n) is 15.6. The van der Waals surface area contributed by atoms with Crippen LogP contribution >= 0.6 is 11.8 Å². The van der Waals surface area contributed by atoms with E-state index in [1.165, 1.54) is 17.3 Å². The van der Waals surface area contributed by atoms with Gasteiger partial charge >= 0.3 is 0 Å². The Hall–Kier alpha value is -2.15. The molecule has 0 atom stereocenters. The minimum absolute atomic E-state index is 0.495. The monoisotopic (exact) mass is 372 g/mol. The van der Waals surface area contributed by atoms with Crippen LogP contribution in [0.3, 0.4) is 0 Å². The predicted molar refractivity (Wildman–Crippen MR) is 101 cm³/mol. The third-order valence-corrected chi connectivity index (χ3v) is 4.81. The lowest BCUT2D eigenvalue weighted by Crippen LogP contribution is -1.94. The molecule has 1 aromatic carbocycles. The summed E-state index contributed by atoms with van der Waals surface area (Å²) in [4.78, 5) is 4.40. The van der Waals surface area contributed by atoms with E-state index in [9.17, 15) is 0 Å². The number of hydrogen-bond acceptors (Lipinski definition) is 7. The van der Waals surface area contributed by atoms with Crippen molar-refractivity contribution in [1.82, 2.24) is 20.3 Å². The van der Waals surface area contributed by atoms with Crippen molar-refractivity contribution < 1.29 is 8.94 Å². The van der Waals surface area contributed by atoms with E-state index in [1.54, 1.807) is 0 Å². The summed E-state index contributed by atoms with van der Waals surface area (Å²) < 4.78 is 11.0. The molecule has 0 spiro atoms. The minimum Gasteiger partial charge on any atom is -0.411 e. The summed E-state index contributed by atoms with van der Waals surface area (Å²) in [6.07, 6.45) is 1.89. The Morgan fingerprint density at radius 2 is 1.81 bits per heavy atom. The highest BCUT2D eigenvalue weighted by Crippen LogP contribution is 2.26. The number of hydrogen-bond donors (Lipinski definition) is 0. The second kappa shape index (κ2) is 8.49. The van der Waals surface area contributed by atoms with E-state index in [-0.39, 0.29) is 0 Å². The van der Waals surface area contributed by atoms with Crippen LogP contribution in [0.4, 0.5) is 0 Å². The molecule has 7 heteroatoms. The number of benzene rings is 1. The Morgan fingerprint density at radius 1 is 1.04 bits per heavy atom. The fraction of sp³-hybridized carbons (Fsp3) is 0.474. The highest BCUT2D eigenvalue weighted by molar-refractivity contribution is 7.98. The molecule has 6 nitrogen and oxygen atoms in total. The molecule has 3 aromatic rings. The number of aryl methyl sites for hydroxylation is 1. The molecule has 2 heterocycles. The van der Waals surface area contributed by atoms with Gasteiger partial charge in [0.2, 0.25) is 11.8 Å².